The van der Waals surface area contributed by atoms with E-state index in [1.54, 1.807) is 27.6 Å². The standard InChI is InChI=1S/C22H23ClF2N5P/c23-14-7-11-29(12-8-14)21-27-19-16(5-3-10-26-19)20(28-21)30-13-9-18(30)15-4-1-2-6-17(15)22(24,25)31/h1-6,10,14,18H,7-9,11-13,31H2. The molecule has 0 saturated carbocycles. The molecule has 2 aromatic heterocycles. The molecule has 5 rings (SSSR count). The molecule has 0 bridgehead atoms. The third kappa shape index (κ3) is 3.94. The molecule has 2 aliphatic heterocycles. The Kier molecular flexibility index (Phi) is 5.43. The van der Waals surface area contributed by atoms with Gasteiger partial charge in [-0.15, -0.1) is 11.6 Å². The van der Waals surface area contributed by atoms with Gasteiger partial charge in [0.25, 0.3) is 5.66 Å². The van der Waals surface area contributed by atoms with Gasteiger partial charge in [0.1, 0.15) is 5.82 Å². The van der Waals surface area contributed by atoms with Gasteiger partial charge in [0.05, 0.1) is 11.4 Å². The predicted octanol–water partition coefficient (Wildman–Crippen LogP) is 5.11. The van der Waals surface area contributed by atoms with E-state index >= 15 is 0 Å². The highest BCUT2D eigenvalue weighted by atomic mass is 35.5. The Morgan fingerprint density at radius 2 is 1.77 bits per heavy atom. The largest absolute Gasteiger partial charge is 0.349 e. The first kappa shape index (κ1) is 20.8. The fourth-order valence-corrected chi connectivity index (χ4v) is 4.86. The Bertz CT molecular complexity index is 1100. The molecule has 3 aromatic rings. The summed E-state index contributed by atoms with van der Waals surface area (Å²) in [4.78, 5) is 18.3. The molecule has 162 valence electrons. The Labute approximate surface area is 187 Å². The SMILES string of the molecule is FC(F)(P)c1ccccc1C1CCN1c1nc(N2CCC(Cl)CC2)nc2ncccc12. The van der Waals surface area contributed by atoms with Crippen LogP contribution >= 0.6 is 20.8 Å². The minimum Gasteiger partial charge on any atom is -0.349 e. The van der Waals surface area contributed by atoms with E-state index in [1.807, 2.05) is 18.2 Å². The third-order valence-corrected chi connectivity index (χ3v) is 6.86. The molecule has 0 aliphatic carbocycles. The summed E-state index contributed by atoms with van der Waals surface area (Å²) in [5.74, 6) is 1.37. The summed E-state index contributed by atoms with van der Waals surface area (Å²) in [6.45, 7) is 2.32. The van der Waals surface area contributed by atoms with E-state index in [1.165, 1.54) is 6.07 Å². The zero-order valence-corrected chi connectivity index (χ0v) is 18.8. The number of hydrogen-bond acceptors (Lipinski definition) is 5. The molecule has 4 heterocycles. The Morgan fingerprint density at radius 1 is 1.00 bits per heavy atom. The van der Waals surface area contributed by atoms with Crippen molar-refractivity contribution >= 4 is 43.6 Å². The van der Waals surface area contributed by atoms with Gasteiger partial charge in [-0.2, -0.15) is 18.7 Å². The van der Waals surface area contributed by atoms with Gasteiger partial charge in [-0.05, 0) is 37.0 Å². The van der Waals surface area contributed by atoms with Crippen molar-refractivity contribution in [2.24, 2.45) is 0 Å². The number of rotatable bonds is 4. The molecule has 0 N–H and O–H groups in total. The molecule has 31 heavy (non-hydrogen) atoms. The average molecular weight is 462 g/mol. The third-order valence-electron chi connectivity index (χ3n) is 6.12. The smallest absolute Gasteiger partial charge is 0.284 e. The molecular weight excluding hydrogens is 439 g/mol. The van der Waals surface area contributed by atoms with Crippen molar-refractivity contribution in [1.29, 1.82) is 0 Å². The second-order valence-electron chi connectivity index (χ2n) is 8.09. The van der Waals surface area contributed by atoms with Gasteiger partial charge in [-0.3, -0.25) is 0 Å². The lowest BCUT2D eigenvalue weighted by Gasteiger charge is -2.44. The normalized spacial score (nSPS) is 20.2. The Hall–Kier alpha value is -2.11. The summed E-state index contributed by atoms with van der Waals surface area (Å²) in [7, 11) is 1.66. The fourth-order valence-electron chi connectivity index (χ4n) is 4.40. The number of halogens is 3. The maximum atomic E-state index is 14.2. The van der Waals surface area contributed by atoms with Gasteiger partial charge >= 0.3 is 0 Å². The lowest BCUT2D eigenvalue weighted by Crippen LogP contribution is -2.43. The second-order valence-corrected chi connectivity index (χ2v) is 9.43. The van der Waals surface area contributed by atoms with Crippen molar-refractivity contribution in [3.05, 3.63) is 53.7 Å². The second kappa shape index (κ2) is 8.10. The van der Waals surface area contributed by atoms with Crippen LogP contribution in [0.4, 0.5) is 20.5 Å². The number of aromatic nitrogens is 3. The zero-order chi connectivity index (χ0) is 21.6. The van der Waals surface area contributed by atoms with Crippen LogP contribution in [0.3, 0.4) is 0 Å². The topological polar surface area (TPSA) is 45.2 Å². The summed E-state index contributed by atoms with van der Waals surface area (Å²) in [5.41, 5.74) is -1.69. The number of benzene rings is 1. The average Bonchev–Trinajstić information content (AvgIpc) is 2.73. The van der Waals surface area contributed by atoms with Crippen LogP contribution in [0.5, 0.6) is 0 Å². The number of alkyl halides is 3. The Balaban J connectivity index is 1.56. The first-order valence-corrected chi connectivity index (χ1v) is 11.5. The minimum absolute atomic E-state index is 0.0376. The molecule has 2 atom stereocenters. The molecule has 2 saturated heterocycles. The van der Waals surface area contributed by atoms with E-state index in [-0.39, 0.29) is 17.0 Å². The highest BCUT2D eigenvalue weighted by Crippen LogP contribution is 2.45. The van der Waals surface area contributed by atoms with Crippen LogP contribution < -0.4 is 9.80 Å². The van der Waals surface area contributed by atoms with E-state index in [4.69, 9.17) is 21.6 Å². The van der Waals surface area contributed by atoms with Crippen molar-refractivity contribution in [1.82, 2.24) is 15.0 Å². The van der Waals surface area contributed by atoms with Crippen LogP contribution in [0.25, 0.3) is 11.0 Å². The summed E-state index contributed by atoms with van der Waals surface area (Å²) < 4.78 is 28.5. The van der Waals surface area contributed by atoms with E-state index in [2.05, 4.69) is 14.8 Å². The molecule has 0 radical (unpaired) electrons. The molecule has 0 amide bonds. The molecule has 1 aromatic carbocycles. The van der Waals surface area contributed by atoms with Crippen LogP contribution in [0.15, 0.2) is 42.6 Å². The van der Waals surface area contributed by atoms with Crippen molar-refractivity contribution in [2.45, 2.75) is 36.3 Å². The molecule has 0 spiro atoms. The van der Waals surface area contributed by atoms with Crippen LogP contribution in [-0.4, -0.2) is 40.0 Å². The fraction of sp³-hybridized carbons (Fsp3) is 0.409. The Morgan fingerprint density at radius 3 is 2.48 bits per heavy atom. The maximum Gasteiger partial charge on any atom is 0.284 e. The monoisotopic (exact) mass is 461 g/mol. The number of hydrogen-bond donors (Lipinski definition) is 0. The molecule has 2 unspecified atom stereocenters. The summed E-state index contributed by atoms with van der Waals surface area (Å²) >= 11 is 6.27. The lowest BCUT2D eigenvalue weighted by atomic mass is 9.90. The molecule has 5 nitrogen and oxygen atoms in total. The van der Waals surface area contributed by atoms with Gasteiger partial charge in [0.15, 0.2) is 5.65 Å². The quantitative estimate of drug-likeness (QED) is 0.399. The van der Waals surface area contributed by atoms with Crippen LogP contribution in [-0.2, 0) is 5.66 Å². The number of anilines is 2. The number of pyridine rings is 1. The summed E-state index contributed by atoms with van der Waals surface area (Å²) in [6.07, 6.45) is 4.26. The zero-order valence-electron chi connectivity index (χ0n) is 16.9. The highest BCUT2D eigenvalue weighted by Gasteiger charge is 2.38. The number of piperidine rings is 1. The van der Waals surface area contributed by atoms with Gasteiger partial charge in [-0.1, -0.05) is 33.5 Å². The predicted molar refractivity (Wildman–Crippen MR) is 123 cm³/mol. The van der Waals surface area contributed by atoms with Crippen molar-refractivity contribution < 1.29 is 8.78 Å². The highest BCUT2D eigenvalue weighted by molar-refractivity contribution is 7.17. The van der Waals surface area contributed by atoms with Crippen LogP contribution in [0.1, 0.15) is 36.4 Å². The first-order valence-electron chi connectivity index (χ1n) is 10.5. The van der Waals surface area contributed by atoms with Gasteiger partial charge in [-0.25, -0.2) is 4.98 Å². The molecule has 2 fully saturated rings. The maximum absolute atomic E-state index is 14.2. The van der Waals surface area contributed by atoms with Gasteiger partial charge in [0, 0.05) is 36.8 Å². The van der Waals surface area contributed by atoms with E-state index in [0.29, 0.717) is 17.2 Å². The molecule has 9 heteroatoms. The van der Waals surface area contributed by atoms with Crippen molar-refractivity contribution in [3.8, 4) is 0 Å². The van der Waals surface area contributed by atoms with E-state index in [0.717, 1.165) is 50.1 Å². The minimum atomic E-state index is -2.98. The molecular formula is C22H23ClF2N5P. The summed E-state index contributed by atoms with van der Waals surface area (Å²) in [5, 5.41) is 1.01. The van der Waals surface area contributed by atoms with Crippen LogP contribution in [0, 0.1) is 0 Å². The lowest BCUT2D eigenvalue weighted by molar-refractivity contribution is 0.102. The van der Waals surface area contributed by atoms with Gasteiger partial charge < -0.3 is 9.80 Å². The van der Waals surface area contributed by atoms with Crippen molar-refractivity contribution in [3.63, 3.8) is 0 Å². The summed E-state index contributed by atoms with van der Waals surface area (Å²) in [6, 6.07) is 10.4. The molecule has 2 aliphatic rings. The number of fused-ring (bicyclic) bond motifs is 1. The van der Waals surface area contributed by atoms with Crippen LogP contribution in [0.2, 0.25) is 0 Å². The first-order chi connectivity index (χ1) is 14.9. The van der Waals surface area contributed by atoms with Crippen molar-refractivity contribution in [2.75, 3.05) is 29.4 Å². The van der Waals surface area contributed by atoms with Gasteiger partial charge in [0.2, 0.25) is 5.95 Å². The number of nitrogens with zero attached hydrogens (tertiary/aromatic N) is 5. The van der Waals surface area contributed by atoms with E-state index < -0.39 is 5.66 Å². The van der Waals surface area contributed by atoms with E-state index in [9.17, 15) is 8.78 Å².